The van der Waals surface area contributed by atoms with Gasteiger partial charge in [-0.15, -0.1) is 0 Å². The van der Waals surface area contributed by atoms with Crippen LogP contribution in [0, 0.1) is 11.3 Å². The molecule has 1 aromatic carbocycles. The van der Waals surface area contributed by atoms with E-state index in [0.717, 1.165) is 11.1 Å². The van der Waals surface area contributed by atoms with E-state index in [4.69, 9.17) is 5.26 Å². The minimum atomic E-state index is -0.101. The molecule has 1 N–H and O–H groups in total. The van der Waals surface area contributed by atoms with Crippen LogP contribution < -0.4 is 5.32 Å². The highest BCUT2D eigenvalue weighted by Gasteiger charge is 2.18. The smallest absolute Gasteiger partial charge is 0.321 e. The van der Waals surface area contributed by atoms with E-state index in [1.807, 2.05) is 30.3 Å². The summed E-state index contributed by atoms with van der Waals surface area (Å²) in [5.74, 6) is 0. The van der Waals surface area contributed by atoms with Crippen molar-refractivity contribution in [2.75, 3.05) is 13.1 Å². The average Bonchev–Trinajstić information content (AvgIpc) is 2.76. The van der Waals surface area contributed by atoms with Crippen molar-refractivity contribution in [2.24, 2.45) is 0 Å². The van der Waals surface area contributed by atoms with E-state index in [0.29, 0.717) is 19.5 Å². The molecular weight excluding hydrogens is 214 g/mol. The second-order valence-corrected chi connectivity index (χ2v) is 3.78. The van der Waals surface area contributed by atoms with E-state index in [1.165, 1.54) is 0 Å². The van der Waals surface area contributed by atoms with Crippen LogP contribution in [0.4, 0.5) is 4.79 Å². The minimum absolute atomic E-state index is 0.101. The number of urea groups is 1. The molecule has 2 amide bonds. The molecule has 0 spiro atoms. The Morgan fingerprint density at radius 3 is 2.82 bits per heavy atom. The maximum absolute atomic E-state index is 11.4. The molecule has 1 fully saturated rings. The molecule has 0 radical (unpaired) electrons. The molecule has 1 saturated heterocycles. The van der Waals surface area contributed by atoms with Crippen molar-refractivity contribution in [3.05, 3.63) is 42.1 Å². The van der Waals surface area contributed by atoms with Gasteiger partial charge in [0.1, 0.15) is 0 Å². The lowest BCUT2D eigenvalue weighted by atomic mass is 10.0. The first-order valence-electron chi connectivity index (χ1n) is 5.49. The Balaban J connectivity index is 2.26. The van der Waals surface area contributed by atoms with Gasteiger partial charge >= 0.3 is 6.03 Å². The summed E-state index contributed by atoms with van der Waals surface area (Å²) in [6.07, 6.45) is 2.06. The number of amides is 2. The largest absolute Gasteiger partial charge is 0.336 e. The highest BCUT2D eigenvalue weighted by atomic mass is 16.2. The maximum atomic E-state index is 11.4. The van der Waals surface area contributed by atoms with Crippen LogP contribution in [0.5, 0.6) is 0 Å². The van der Waals surface area contributed by atoms with Crippen LogP contribution in [0.15, 0.2) is 36.5 Å². The molecule has 4 nitrogen and oxygen atoms in total. The topological polar surface area (TPSA) is 56.1 Å². The molecule has 0 aromatic heterocycles. The fourth-order valence-corrected chi connectivity index (χ4v) is 1.76. The van der Waals surface area contributed by atoms with Gasteiger partial charge < -0.3 is 5.32 Å². The highest BCUT2D eigenvalue weighted by Crippen LogP contribution is 2.18. The van der Waals surface area contributed by atoms with Gasteiger partial charge in [-0.1, -0.05) is 30.3 Å². The summed E-state index contributed by atoms with van der Waals surface area (Å²) < 4.78 is 0. The molecule has 0 unspecified atom stereocenters. The van der Waals surface area contributed by atoms with Crippen LogP contribution in [-0.2, 0) is 0 Å². The lowest BCUT2D eigenvalue weighted by Crippen LogP contribution is -2.23. The monoisotopic (exact) mass is 227 g/mol. The van der Waals surface area contributed by atoms with Gasteiger partial charge in [-0.2, -0.15) is 5.26 Å². The number of nitrogens with zero attached hydrogens (tertiary/aromatic N) is 2. The number of rotatable bonds is 3. The number of hydrogen-bond donors (Lipinski definition) is 1. The molecule has 86 valence electrons. The van der Waals surface area contributed by atoms with Crippen molar-refractivity contribution in [2.45, 2.75) is 6.42 Å². The van der Waals surface area contributed by atoms with Crippen LogP contribution in [-0.4, -0.2) is 24.0 Å². The zero-order valence-electron chi connectivity index (χ0n) is 9.39. The molecule has 4 heteroatoms. The van der Waals surface area contributed by atoms with E-state index >= 15 is 0 Å². The van der Waals surface area contributed by atoms with E-state index in [9.17, 15) is 4.79 Å². The Morgan fingerprint density at radius 1 is 1.47 bits per heavy atom. The van der Waals surface area contributed by atoms with Crippen LogP contribution >= 0.6 is 0 Å². The lowest BCUT2D eigenvalue weighted by Gasteiger charge is -2.11. The molecule has 0 atom stereocenters. The van der Waals surface area contributed by atoms with Gasteiger partial charge in [-0.05, 0) is 11.1 Å². The van der Waals surface area contributed by atoms with Crippen LogP contribution in [0.25, 0.3) is 5.57 Å². The summed E-state index contributed by atoms with van der Waals surface area (Å²) >= 11 is 0. The Labute approximate surface area is 100 Å². The molecule has 0 bridgehead atoms. The molecule has 0 aliphatic carbocycles. The SMILES string of the molecule is N#CCC(=CN1CCNC1=O)c1ccccc1. The van der Waals surface area contributed by atoms with Crippen molar-refractivity contribution >= 4 is 11.6 Å². The first-order valence-corrected chi connectivity index (χ1v) is 5.49. The fraction of sp³-hybridized carbons (Fsp3) is 0.231. The molecule has 0 saturated carbocycles. The zero-order chi connectivity index (χ0) is 12.1. The quantitative estimate of drug-likeness (QED) is 0.858. The molecule has 1 aromatic rings. The summed E-state index contributed by atoms with van der Waals surface area (Å²) in [6.45, 7) is 1.31. The van der Waals surface area contributed by atoms with Crippen molar-refractivity contribution in [3.63, 3.8) is 0 Å². The normalized spacial score (nSPS) is 15.6. The van der Waals surface area contributed by atoms with Gasteiger partial charge in [0, 0.05) is 19.3 Å². The molecular formula is C13H13N3O. The van der Waals surface area contributed by atoms with Gasteiger partial charge in [-0.3, -0.25) is 4.90 Å². The second-order valence-electron chi connectivity index (χ2n) is 3.78. The van der Waals surface area contributed by atoms with E-state index in [2.05, 4.69) is 11.4 Å². The zero-order valence-corrected chi connectivity index (χ0v) is 9.39. The predicted molar refractivity (Wildman–Crippen MR) is 64.8 cm³/mol. The molecule has 1 aliphatic heterocycles. The minimum Gasteiger partial charge on any atom is -0.336 e. The third-order valence-electron chi connectivity index (χ3n) is 2.62. The number of carbonyl (C=O) groups excluding carboxylic acids is 1. The second kappa shape index (κ2) is 5.17. The summed E-state index contributed by atoms with van der Waals surface area (Å²) in [7, 11) is 0. The average molecular weight is 227 g/mol. The van der Waals surface area contributed by atoms with Gasteiger partial charge in [-0.25, -0.2) is 4.79 Å². The fourth-order valence-electron chi connectivity index (χ4n) is 1.76. The van der Waals surface area contributed by atoms with Gasteiger partial charge in [0.15, 0.2) is 0 Å². The van der Waals surface area contributed by atoms with Gasteiger partial charge in [0.2, 0.25) is 0 Å². The molecule has 1 aliphatic rings. The third-order valence-corrected chi connectivity index (χ3v) is 2.62. The molecule has 2 rings (SSSR count). The lowest BCUT2D eigenvalue weighted by molar-refractivity contribution is 0.230. The number of nitrogens with one attached hydrogen (secondary N) is 1. The van der Waals surface area contributed by atoms with Crippen LogP contribution in [0.3, 0.4) is 0 Å². The van der Waals surface area contributed by atoms with Gasteiger partial charge in [0.25, 0.3) is 0 Å². The number of allylic oxidation sites excluding steroid dienone is 1. The third kappa shape index (κ3) is 2.64. The Hall–Kier alpha value is -2.28. The van der Waals surface area contributed by atoms with Crippen molar-refractivity contribution < 1.29 is 4.79 Å². The summed E-state index contributed by atoms with van der Waals surface area (Å²) in [5.41, 5.74) is 1.85. The van der Waals surface area contributed by atoms with Crippen molar-refractivity contribution in [1.82, 2.24) is 10.2 Å². The van der Waals surface area contributed by atoms with Crippen LogP contribution in [0.2, 0.25) is 0 Å². The van der Waals surface area contributed by atoms with Crippen LogP contribution in [0.1, 0.15) is 12.0 Å². The predicted octanol–water partition coefficient (Wildman–Crippen LogP) is 1.97. The maximum Gasteiger partial charge on any atom is 0.321 e. The Bertz CT molecular complexity index is 473. The van der Waals surface area contributed by atoms with Crippen molar-refractivity contribution in [3.8, 4) is 6.07 Å². The van der Waals surface area contributed by atoms with Crippen molar-refractivity contribution in [1.29, 1.82) is 5.26 Å². The summed E-state index contributed by atoms with van der Waals surface area (Å²) in [5, 5.41) is 11.6. The first-order chi connectivity index (χ1) is 8.31. The summed E-state index contributed by atoms with van der Waals surface area (Å²) in [4.78, 5) is 13.0. The molecule has 17 heavy (non-hydrogen) atoms. The number of carbonyl (C=O) groups is 1. The summed E-state index contributed by atoms with van der Waals surface area (Å²) in [6, 6.07) is 11.7. The Morgan fingerprint density at radius 2 is 2.24 bits per heavy atom. The standard InChI is InChI=1S/C13H13N3O/c14-7-6-12(11-4-2-1-3-5-11)10-16-9-8-15-13(16)17/h1-5,10H,6,8-9H2,(H,15,17). The Kier molecular flexibility index (Phi) is 3.41. The van der Waals surface area contributed by atoms with E-state index < -0.39 is 0 Å². The number of hydrogen-bond acceptors (Lipinski definition) is 2. The molecule has 1 heterocycles. The van der Waals surface area contributed by atoms with Gasteiger partial charge in [0.05, 0.1) is 12.5 Å². The van der Waals surface area contributed by atoms with E-state index in [1.54, 1.807) is 11.1 Å². The first kappa shape index (κ1) is 11.2. The number of nitriles is 1. The number of benzene rings is 1. The van der Waals surface area contributed by atoms with E-state index in [-0.39, 0.29) is 6.03 Å². The highest BCUT2D eigenvalue weighted by molar-refractivity contribution is 5.80.